The number of nitrogens with one attached hydrogen (secondary N) is 2. The van der Waals surface area contributed by atoms with Gasteiger partial charge in [0.1, 0.15) is 0 Å². The maximum atomic E-state index is 11.7. The second-order valence-corrected chi connectivity index (χ2v) is 5.94. The lowest BCUT2D eigenvalue weighted by Gasteiger charge is -2.10. The van der Waals surface area contributed by atoms with E-state index in [0.717, 1.165) is 10.2 Å². The topological polar surface area (TPSA) is 58.2 Å². The van der Waals surface area contributed by atoms with Gasteiger partial charge in [-0.2, -0.15) is 0 Å². The fourth-order valence-electron chi connectivity index (χ4n) is 1.58. The van der Waals surface area contributed by atoms with E-state index in [1.165, 1.54) is 11.3 Å². The number of carbonyl (C=O) groups is 2. The highest BCUT2D eigenvalue weighted by Gasteiger charge is 2.21. The van der Waals surface area contributed by atoms with E-state index in [9.17, 15) is 9.59 Å². The van der Waals surface area contributed by atoms with Crippen LogP contribution in [0.1, 0.15) is 23.2 Å². The van der Waals surface area contributed by atoms with Crippen molar-refractivity contribution in [3.8, 4) is 0 Å². The predicted octanol–water partition coefficient (Wildman–Crippen LogP) is 1.52. The number of thiophene rings is 1. The van der Waals surface area contributed by atoms with E-state index in [1.54, 1.807) is 11.4 Å². The first-order valence-electron chi connectivity index (χ1n) is 4.97. The van der Waals surface area contributed by atoms with Gasteiger partial charge in [0, 0.05) is 24.4 Å². The molecule has 1 aliphatic rings. The quantitative estimate of drug-likeness (QED) is 0.889. The summed E-state index contributed by atoms with van der Waals surface area (Å²) in [6, 6.07) is 1.87. The van der Waals surface area contributed by atoms with Crippen molar-refractivity contribution < 1.29 is 9.59 Å². The van der Waals surface area contributed by atoms with Gasteiger partial charge in [-0.3, -0.25) is 9.59 Å². The van der Waals surface area contributed by atoms with Crippen molar-refractivity contribution in [1.29, 1.82) is 0 Å². The minimum absolute atomic E-state index is 0.0672. The van der Waals surface area contributed by atoms with Crippen LogP contribution in [0.25, 0.3) is 0 Å². The molecule has 0 spiro atoms. The summed E-state index contributed by atoms with van der Waals surface area (Å²) in [5.74, 6) is -0.0272. The van der Waals surface area contributed by atoms with E-state index < -0.39 is 0 Å². The molecule has 1 fully saturated rings. The Morgan fingerprint density at radius 1 is 1.69 bits per heavy atom. The van der Waals surface area contributed by atoms with Gasteiger partial charge in [-0.1, -0.05) is 0 Å². The van der Waals surface area contributed by atoms with E-state index in [-0.39, 0.29) is 17.9 Å². The number of hydrogen-bond acceptors (Lipinski definition) is 3. The lowest BCUT2D eigenvalue weighted by Crippen LogP contribution is -2.38. The van der Waals surface area contributed by atoms with Gasteiger partial charge in [-0.15, -0.1) is 11.3 Å². The predicted molar refractivity (Wildman–Crippen MR) is 65.5 cm³/mol. The van der Waals surface area contributed by atoms with Crippen molar-refractivity contribution in [1.82, 2.24) is 10.6 Å². The molecule has 1 saturated heterocycles. The fraction of sp³-hybridized carbons (Fsp3) is 0.400. The van der Waals surface area contributed by atoms with E-state index in [4.69, 9.17) is 0 Å². The van der Waals surface area contributed by atoms with Gasteiger partial charge >= 0.3 is 0 Å². The van der Waals surface area contributed by atoms with Crippen molar-refractivity contribution in [2.45, 2.75) is 18.9 Å². The van der Waals surface area contributed by atoms with Gasteiger partial charge in [0.05, 0.1) is 9.35 Å². The highest BCUT2D eigenvalue weighted by Crippen LogP contribution is 2.20. The first-order chi connectivity index (χ1) is 7.65. The highest BCUT2D eigenvalue weighted by atomic mass is 79.9. The van der Waals surface area contributed by atoms with E-state index in [0.29, 0.717) is 18.5 Å². The molecule has 86 valence electrons. The maximum absolute atomic E-state index is 11.7. The van der Waals surface area contributed by atoms with E-state index in [2.05, 4.69) is 26.6 Å². The Balaban J connectivity index is 1.82. The lowest BCUT2D eigenvalue weighted by molar-refractivity contribution is -0.119. The Morgan fingerprint density at radius 2 is 2.50 bits per heavy atom. The second-order valence-electron chi connectivity index (χ2n) is 3.65. The molecule has 2 amide bonds. The zero-order chi connectivity index (χ0) is 11.5. The standard InChI is InChI=1S/C10H11BrN2O2S/c11-8-3-6(5-16-8)10(15)12-4-7-1-2-9(14)13-7/h3,5,7H,1-2,4H2,(H,12,15)(H,13,14). The Kier molecular flexibility index (Phi) is 3.60. The van der Waals surface area contributed by atoms with Gasteiger partial charge in [-0.05, 0) is 28.4 Å². The smallest absolute Gasteiger partial charge is 0.252 e. The monoisotopic (exact) mass is 302 g/mol. The molecule has 1 unspecified atom stereocenters. The molecule has 0 radical (unpaired) electrons. The van der Waals surface area contributed by atoms with Crippen LogP contribution in [0.3, 0.4) is 0 Å². The fourth-order valence-corrected chi connectivity index (χ4v) is 2.71. The zero-order valence-corrected chi connectivity index (χ0v) is 10.9. The minimum atomic E-state index is -0.0944. The van der Waals surface area contributed by atoms with Crippen LogP contribution in [0, 0.1) is 0 Å². The number of amides is 2. The third-order valence-corrected chi connectivity index (χ3v) is 3.93. The first kappa shape index (κ1) is 11.6. The van der Waals surface area contributed by atoms with Crippen LogP contribution in [-0.2, 0) is 4.79 Å². The minimum Gasteiger partial charge on any atom is -0.352 e. The molecular formula is C10H11BrN2O2S. The Morgan fingerprint density at radius 3 is 3.06 bits per heavy atom. The second kappa shape index (κ2) is 4.97. The molecule has 2 rings (SSSR count). The Bertz CT molecular complexity index is 419. The SMILES string of the molecule is O=C1CCC(CNC(=O)c2csc(Br)c2)N1. The van der Waals surface area contributed by atoms with Crippen LogP contribution in [0.4, 0.5) is 0 Å². The van der Waals surface area contributed by atoms with Crippen LogP contribution in [-0.4, -0.2) is 24.4 Å². The number of rotatable bonds is 3. The lowest BCUT2D eigenvalue weighted by atomic mass is 10.2. The molecule has 1 aromatic rings. The molecule has 16 heavy (non-hydrogen) atoms. The van der Waals surface area contributed by atoms with Gasteiger partial charge in [0.15, 0.2) is 0 Å². The Hall–Kier alpha value is -0.880. The highest BCUT2D eigenvalue weighted by molar-refractivity contribution is 9.11. The summed E-state index contributed by atoms with van der Waals surface area (Å²) in [6.45, 7) is 0.498. The van der Waals surface area contributed by atoms with Crippen molar-refractivity contribution in [2.24, 2.45) is 0 Å². The molecule has 4 nitrogen and oxygen atoms in total. The number of carbonyl (C=O) groups excluding carboxylic acids is 2. The molecule has 0 bridgehead atoms. The van der Waals surface area contributed by atoms with Gasteiger partial charge in [0.2, 0.25) is 5.91 Å². The summed E-state index contributed by atoms with van der Waals surface area (Å²) in [4.78, 5) is 22.6. The van der Waals surface area contributed by atoms with Crippen molar-refractivity contribution in [2.75, 3.05) is 6.54 Å². The van der Waals surface area contributed by atoms with Crippen molar-refractivity contribution in [3.63, 3.8) is 0 Å². The average molecular weight is 303 g/mol. The number of halogens is 1. The molecule has 2 heterocycles. The van der Waals surface area contributed by atoms with Gasteiger partial charge < -0.3 is 10.6 Å². The number of hydrogen-bond donors (Lipinski definition) is 2. The van der Waals surface area contributed by atoms with Crippen LogP contribution in [0.15, 0.2) is 15.2 Å². The van der Waals surface area contributed by atoms with E-state index in [1.807, 2.05) is 0 Å². The molecular weight excluding hydrogens is 292 g/mol. The largest absolute Gasteiger partial charge is 0.352 e. The van der Waals surface area contributed by atoms with E-state index >= 15 is 0 Å². The molecule has 6 heteroatoms. The Labute approximate surface area is 106 Å². The third-order valence-electron chi connectivity index (χ3n) is 2.42. The summed E-state index contributed by atoms with van der Waals surface area (Å²) >= 11 is 4.78. The molecule has 1 aliphatic heterocycles. The third kappa shape index (κ3) is 2.82. The first-order valence-corrected chi connectivity index (χ1v) is 6.64. The maximum Gasteiger partial charge on any atom is 0.252 e. The van der Waals surface area contributed by atoms with Crippen LogP contribution < -0.4 is 10.6 Å². The summed E-state index contributed by atoms with van der Waals surface area (Å²) in [5.41, 5.74) is 0.654. The molecule has 1 atom stereocenters. The normalized spacial score (nSPS) is 19.6. The summed E-state index contributed by atoms with van der Waals surface area (Å²) in [6.07, 6.45) is 1.36. The average Bonchev–Trinajstić information content (AvgIpc) is 2.84. The summed E-state index contributed by atoms with van der Waals surface area (Å²) in [7, 11) is 0. The van der Waals surface area contributed by atoms with Crippen molar-refractivity contribution in [3.05, 3.63) is 20.8 Å². The van der Waals surface area contributed by atoms with Crippen LogP contribution in [0.5, 0.6) is 0 Å². The van der Waals surface area contributed by atoms with Gasteiger partial charge in [-0.25, -0.2) is 0 Å². The van der Waals surface area contributed by atoms with Crippen LogP contribution in [0.2, 0.25) is 0 Å². The molecule has 0 aromatic carbocycles. The molecule has 0 aliphatic carbocycles. The summed E-state index contributed by atoms with van der Waals surface area (Å²) < 4.78 is 0.937. The molecule has 0 saturated carbocycles. The summed E-state index contributed by atoms with van der Waals surface area (Å²) in [5, 5.41) is 7.41. The zero-order valence-electron chi connectivity index (χ0n) is 8.46. The van der Waals surface area contributed by atoms with Gasteiger partial charge in [0.25, 0.3) is 5.91 Å². The van der Waals surface area contributed by atoms with Crippen LogP contribution >= 0.6 is 27.3 Å². The molecule has 2 N–H and O–H groups in total. The van der Waals surface area contributed by atoms with Crippen molar-refractivity contribution >= 4 is 39.1 Å². The molecule has 1 aromatic heterocycles.